The first-order chi connectivity index (χ1) is 15.0. The van der Waals surface area contributed by atoms with Gasteiger partial charge in [-0.15, -0.1) is 0 Å². The topological polar surface area (TPSA) is 97.9 Å². The molecule has 2 heterocycles. The van der Waals surface area contributed by atoms with Crippen molar-refractivity contribution < 1.29 is 24.1 Å². The summed E-state index contributed by atoms with van der Waals surface area (Å²) in [4.78, 5) is 28.2. The highest BCUT2D eigenvalue weighted by molar-refractivity contribution is 7.99. The summed E-state index contributed by atoms with van der Waals surface area (Å²) in [5.41, 5.74) is 1.60. The summed E-state index contributed by atoms with van der Waals surface area (Å²) in [6, 6.07) is 12.7. The minimum atomic E-state index is -0.931. The summed E-state index contributed by atoms with van der Waals surface area (Å²) in [5, 5.41) is 10.5. The van der Waals surface area contributed by atoms with Crippen molar-refractivity contribution in [3.05, 3.63) is 68.1 Å². The van der Waals surface area contributed by atoms with Crippen LogP contribution < -0.4 is 19.1 Å². The number of carboxylic acids is 1. The number of aromatic amines is 1. The van der Waals surface area contributed by atoms with E-state index in [-0.39, 0.29) is 4.87 Å². The van der Waals surface area contributed by atoms with E-state index in [1.807, 2.05) is 18.2 Å². The zero-order chi connectivity index (χ0) is 22.1. The summed E-state index contributed by atoms with van der Waals surface area (Å²) in [6.45, 7) is 0. The van der Waals surface area contributed by atoms with Crippen molar-refractivity contribution >= 4 is 29.1 Å². The third-order valence-corrected chi connectivity index (χ3v) is 7.82. The van der Waals surface area contributed by atoms with Crippen LogP contribution in [0.4, 0.5) is 0 Å². The maximum Gasteiger partial charge on any atom is 0.308 e. The molecule has 0 spiro atoms. The van der Waals surface area contributed by atoms with Gasteiger partial charge in [0.05, 0.1) is 37.5 Å². The maximum atomic E-state index is 12.6. The average Bonchev–Trinajstić information content (AvgIpc) is 3.17. The van der Waals surface area contributed by atoms with Crippen molar-refractivity contribution in [3.8, 4) is 17.2 Å². The molecule has 0 aliphatic carbocycles. The van der Waals surface area contributed by atoms with Gasteiger partial charge in [-0.25, -0.2) is 0 Å². The second-order valence-corrected chi connectivity index (χ2v) is 9.14. The summed E-state index contributed by atoms with van der Waals surface area (Å²) in [6.07, 6.45) is 0. The first-order valence-corrected chi connectivity index (χ1v) is 11.1. The number of carboxylic acid groups (broad SMARTS) is 1. The minimum Gasteiger partial charge on any atom is -0.497 e. The van der Waals surface area contributed by atoms with Crippen LogP contribution in [0.1, 0.15) is 27.2 Å². The summed E-state index contributed by atoms with van der Waals surface area (Å²) >= 11 is 2.42. The molecule has 2 N–H and O–H groups in total. The van der Waals surface area contributed by atoms with Gasteiger partial charge in [-0.2, -0.15) is 0 Å². The van der Waals surface area contributed by atoms with Gasteiger partial charge >= 0.3 is 10.8 Å². The van der Waals surface area contributed by atoms with Gasteiger partial charge in [-0.05, 0) is 35.4 Å². The standard InChI is InChI=1S/C22H21NO6S2/c1-27-13-7-4-11(5-8-13)16-17(21(24)25)18(30-20-19(16)31-22(26)23-20)12-6-9-14(28-2)15(10-12)29-3/h4-10,16-18H,1-3H3,(H,23,26)(H,24,25)/t16-,17-,18-/m0/s1. The van der Waals surface area contributed by atoms with Crippen LogP contribution in [0.3, 0.4) is 0 Å². The van der Waals surface area contributed by atoms with Crippen LogP contribution in [0.15, 0.2) is 52.3 Å². The van der Waals surface area contributed by atoms with Crippen LogP contribution in [0, 0.1) is 5.92 Å². The highest BCUT2D eigenvalue weighted by Gasteiger charge is 2.45. The van der Waals surface area contributed by atoms with Gasteiger partial charge in [0.2, 0.25) is 0 Å². The number of nitrogens with one attached hydrogen (secondary N) is 1. The predicted octanol–water partition coefficient (Wildman–Crippen LogP) is 4.14. The fourth-order valence-electron chi connectivity index (χ4n) is 3.90. The Morgan fingerprint density at radius 2 is 1.65 bits per heavy atom. The Labute approximate surface area is 187 Å². The number of aliphatic carboxylic acids is 1. The van der Waals surface area contributed by atoms with Crippen LogP contribution in [-0.4, -0.2) is 37.4 Å². The fraction of sp³-hybridized carbons (Fsp3) is 0.273. The van der Waals surface area contributed by atoms with Gasteiger partial charge in [0, 0.05) is 10.8 Å². The molecule has 0 radical (unpaired) electrons. The number of rotatable bonds is 6. The van der Waals surface area contributed by atoms with Gasteiger partial charge in [-0.1, -0.05) is 41.3 Å². The van der Waals surface area contributed by atoms with E-state index in [4.69, 9.17) is 14.2 Å². The highest BCUT2D eigenvalue weighted by Crippen LogP contribution is 2.56. The average molecular weight is 460 g/mol. The van der Waals surface area contributed by atoms with Crippen molar-refractivity contribution in [1.29, 1.82) is 0 Å². The SMILES string of the molecule is COc1ccc([C@@H]2c3sc(=O)[nH]c3S[C@@H](c3ccc(OC)c(OC)c3)[C@H]2C(=O)O)cc1. The molecule has 7 nitrogen and oxygen atoms in total. The second-order valence-electron chi connectivity index (χ2n) is 6.98. The lowest BCUT2D eigenvalue weighted by Crippen LogP contribution is -2.30. The van der Waals surface area contributed by atoms with E-state index in [0.717, 1.165) is 27.3 Å². The zero-order valence-electron chi connectivity index (χ0n) is 17.1. The molecule has 0 saturated carbocycles. The molecule has 0 fully saturated rings. The largest absolute Gasteiger partial charge is 0.497 e. The lowest BCUT2D eigenvalue weighted by Gasteiger charge is -2.35. The lowest BCUT2D eigenvalue weighted by atomic mass is 9.80. The molecule has 3 aromatic rings. The van der Waals surface area contributed by atoms with E-state index in [1.165, 1.54) is 11.8 Å². The lowest BCUT2D eigenvalue weighted by molar-refractivity contribution is -0.142. The van der Waals surface area contributed by atoms with Gasteiger partial charge in [-0.3, -0.25) is 9.59 Å². The predicted molar refractivity (Wildman–Crippen MR) is 119 cm³/mol. The molecule has 3 atom stereocenters. The van der Waals surface area contributed by atoms with Crippen LogP contribution in [0.25, 0.3) is 0 Å². The Morgan fingerprint density at radius 1 is 0.968 bits per heavy atom. The molecule has 0 unspecified atom stereocenters. The molecular formula is C22H21NO6S2. The van der Waals surface area contributed by atoms with Crippen molar-refractivity contribution in [1.82, 2.24) is 4.98 Å². The molecule has 31 heavy (non-hydrogen) atoms. The Kier molecular flexibility index (Phi) is 5.97. The van der Waals surface area contributed by atoms with E-state index in [2.05, 4.69) is 4.98 Å². The molecule has 1 aromatic heterocycles. The van der Waals surface area contributed by atoms with E-state index in [1.54, 1.807) is 45.6 Å². The molecule has 1 aliphatic rings. The Hall–Kier alpha value is -2.91. The Morgan fingerprint density at radius 3 is 2.26 bits per heavy atom. The Balaban J connectivity index is 1.87. The number of benzene rings is 2. The first kappa shape index (κ1) is 21.3. The monoisotopic (exact) mass is 459 g/mol. The fourth-order valence-corrected chi connectivity index (χ4v) is 6.50. The molecular weight excluding hydrogens is 438 g/mol. The molecule has 1 aliphatic heterocycles. The maximum absolute atomic E-state index is 12.6. The third-order valence-electron chi connectivity index (χ3n) is 5.35. The number of hydrogen-bond acceptors (Lipinski definition) is 7. The zero-order valence-corrected chi connectivity index (χ0v) is 18.7. The van der Waals surface area contributed by atoms with Crippen molar-refractivity contribution in [2.24, 2.45) is 5.92 Å². The number of hydrogen-bond donors (Lipinski definition) is 2. The number of methoxy groups -OCH3 is 3. The van der Waals surface area contributed by atoms with Gasteiger partial charge in [0.1, 0.15) is 5.75 Å². The van der Waals surface area contributed by atoms with Gasteiger partial charge in [0.15, 0.2) is 11.5 Å². The molecule has 0 bridgehead atoms. The normalized spacial score (nSPS) is 20.0. The van der Waals surface area contributed by atoms with Crippen LogP contribution in [0.5, 0.6) is 17.2 Å². The van der Waals surface area contributed by atoms with E-state index in [0.29, 0.717) is 22.3 Å². The molecule has 162 valence electrons. The number of H-pyrrole nitrogens is 1. The van der Waals surface area contributed by atoms with Crippen LogP contribution in [0.2, 0.25) is 0 Å². The van der Waals surface area contributed by atoms with Gasteiger partial charge in [0.25, 0.3) is 0 Å². The number of ether oxygens (including phenoxy) is 3. The van der Waals surface area contributed by atoms with E-state index in [9.17, 15) is 14.7 Å². The van der Waals surface area contributed by atoms with E-state index < -0.39 is 23.1 Å². The number of aromatic nitrogens is 1. The number of thiazole rings is 1. The Bertz CT molecular complexity index is 1150. The quantitative estimate of drug-likeness (QED) is 0.572. The highest BCUT2D eigenvalue weighted by atomic mass is 32.2. The summed E-state index contributed by atoms with van der Waals surface area (Å²) in [7, 11) is 4.67. The molecule has 9 heteroatoms. The number of carbonyl (C=O) groups is 1. The minimum absolute atomic E-state index is 0.201. The third kappa shape index (κ3) is 3.90. The van der Waals surface area contributed by atoms with Crippen LogP contribution >= 0.6 is 23.1 Å². The van der Waals surface area contributed by atoms with Crippen molar-refractivity contribution in [3.63, 3.8) is 0 Å². The molecule has 0 saturated heterocycles. The first-order valence-electron chi connectivity index (χ1n) is 9.45. The number of thioether (sulfide) groups is 1. The van der Waals surface area contributed by atoms with Crippen molar-refractivity contribution in [2.45, 2.75) is 16.2 Å². The molecule has 4 rings (SSSR count). The second kappa shape index (κ2) is 8.68. The van der Waals surface area contributed by atoms with E-state index >= 15 is 0 Å². The van der Waals surface area contributed by atoms with Crippen LogP contribution in [-0.2, 0) is 4.79 Å². The van der Waals surface area contributed by atoms with Gasteiger partial charge < -0.3 is 24.3 Å². The summed E-state index contributed by atoms with van der Waals surface area (Å²) in [5.74, 6) is -0.443. The number of fused-ring (bicyclic) bond motifs is 1. The molecule has 0 amide bonds. The smallest absolute Gasteiger partial charge is 0.308 e. The summed E-state index contributed by atoms with van der Waals surface area (Å²) < 4.78 is 16.0. The van der Waals surface area contributed by atoms with Crippen molar-refractivity contribution in [2.75, 3.05) is 21.3 Å². The molecule has 2 aromatic carbocycles.